The molecule has 1 saturated heterocycles. The number of methoxy groups -OCH3 is 1. The first-order valence-electron chi connectivity index (χ1n) is 5.58. The molecule has 1 unspecified atom stereocenters. The quantitative estimate of drug-likeness (QED) is 0.710. The van der Waals surface area contributed by atoms with E-state index in [0.717, 1.165) is 6.42 Å². The molecule has 0 radical (unpaired) electrons. The lowest BCUT2D eigenvalue weighted by molar-refractivity contribution is -0.129. The third kappa shape index (κ3) is 2.80. The maximum Gasteiger partial charge on any atom is 0.408 e. The molecule has 0 spiro atoms. The Morgan fingerprint density at radius 1 is 1.61 bits per heavy atom. The number of ether oxygens (including phenoxy) is 1. The number of likely N-dealkylation sites (tertiary alicyclic amines) is 1. The first-order chi connectivity index (χ1) is 8.45. The van der Waals surface area contributed by atoms with Crippen LogP contribution in [0, 0.1) is 12.3 Å². The van der Waals surface area contributed by atoms with Crippen LogP contribution in [0.5, 0.6) is 0 Å². The first kappa shape index (κ1) is 14.0. The van der Waals surface area contributed by atoms with E-state index in [1.807, 2.05) is 0 Å². The summed E-state index contributed by atoms with van der Waals surface area (Å²) in [5, 5.41) is 2.34. The average molecular weight is 252 g/mol. The molecule has 0 aromatic heterocycles. The van der Waals surface area contributed by atoms with Gasteiger partial charge >= 0.3 is 6.09 Å². The number of nitrogens with zero attached hydrogens (tertiary/aromatic N) is 1. The topological polar surface area (TPSA) is 75.7 Å². The molecule has 1 rings (SSSR count). The second-order valence-corrected chi connectivity index (χ2v) is 4.14. The second kappa shape index (κ2) is 5.54. The van der Waals surface area contributed by atoms with Crippen LogP contribution in [-0.4, -0.2) is 48.4 Å². The number of hydrogen-bond donors (Lipinski definition) is 1. The zero-order valence-corrected chi connectivity index (χ0v) is 10.5. The largest absolute Gasteiger partial charge is 0.453 e. The van der Waals surface area contributed by atoms with Crippen LogP contribution >= 0.6 is 0 Å². The summed E-state index contributed by atoms with van der Waals surface area (Å²) in [6.07, 6.45) is 5.73. The number of nitrogens with one attached hydrogen (secondary N) is 1. The van der Waals surface area contributed by atoms with Crippen LogP contribution in [0.25, 0.3) is 0 Å². The van der Waals surface area contributed by atoms with Crippen LogP contribution in [0.2, 0.25) is 0 Å². The molecule has 1 atom stereocenters. The van der Waals surface area contributed by atoms with E-state index in [1.54, 1.807) is 0 Å². The van der Waals surface area contributed by atoms with Crippen molar-refractivity contribution in [3.05, 3.63) is 0 Å². The molecule has 0 aliphatic carbocycles. The number of carbonyl (C=O) groups is 3. The SMILES string of the molecule is C#CC(CN1CCCC1=O)(NC(=O)OC)C(C)=O. The Bertz CT molecular complexity index is 413. The van der Waals surface area contributed by atoms with Crippen molar-refractivity contribution in [3.63, 3.8) is 0 Å². The summed E-state index contributed by atoms with van der Waals surface area (Å²) in [6, 6.07) is 0. The zero-order valence-electron chi connectivity index (χ0n) is 10.5. The van der Waals surface area contributed by atoms with Gasteiger partial charge in [0.05, 0.1) is 13.7 Å². The lowest BCUT2D eigenvalue weighted by atomic mass is 9.95. The molecule has 6 heteroatoms. The Morgan fingerprint density at radius 3 is 2.67 bits per heavy atom. The minimum absolute atomic E-state index is 0.0211. The number of hydrogen-bond acceptors (Lipinski definition) is 4. The summed E-state index contributed by atoms with van der Waals surface area (Å²) < 4.78 is 4.45. The highest BCUT2D eigenvalue weighted by Crippen LogP contribution is 2.16. The molecule has 2 amide bonds. The van der Waals surface area contributed by atoms with Crippen LogP contribution in [0.15, 0.2) is 0 Å². The fourth-order valence-electron chi connectivity index (χ4n) is 1.80. The van der Waals surface area contributed by atoms with Crippen molar-refractivity contribution in [2.75, 3.05) is 20.2 Å². The number of Topliss-reactive ketones (excluding diaryl/α,β-unsaturated/α-hetero) is 1. The molecule has 1 heterocycles. The molecule has 0 bridgehead atoms. The average Bonchev–Trinajstić information content (AvgIpc) is 2.73. The molecule has 0 aromatic carbocycles. The minimum Gasteiger partial charge on any atom is -0.453 e. The van der Waals surface area contributed by atoms with E-state index in [-0.39, 0.29) is 12.5 Å². The Balaban J connectivity index is 2.90. The Hall–Kier alpha value is -2.03. The van der Waals surface area contributed by atoms with Gasteiger partial charge < -0.3 is 9.64 Å². The summed E-state index contributed by atoms with van der Waals surface area (Å²) in [5.41, 5.74) is -1.52. The van der Waals surface area contributed by atoms with Gasteiger partial charge in [0.15, 0.2) is 11.3 Å². The van der Waals surface area contributed by atoms with Crippen LogP contribution in [0.1, 0.15) is 19.8 Å². The van der Waals surface area contributed by atoms with Gasteiger partial charge in [0.1, 0.15) is 0 Å². The number of rotatable bonds is 4. The fraction of sp³-hybridized carbons (Fsp3) is 0.583. The van der Waals surface area contributed by atoms with E-state index in [2.05, 4.69) is 16.0 Å². The predicted octanol–water partition coefficient (Wildman–Crippen LogP) is -0.0742. The fourth-order valence-corrected chi connectivity index (χ4v) is 1.80. The third-order valence-corrected chi connectivity index (χ3v) is 2.95. The molecule has 98 valence electrons. The number of terminal acetylenes is 1. The van der Waals surface area contributed by atoms with E-state index in [1.165, 1.54) is 18.9 Å². The van der Waals surface area contributed by atoms with Crippen molar-refractivity contribution in [2.24, 2.45) is 0 Å². The predicted molar refractivity (Wildman–Crippen MR) is 63.6 cm³/mol. The smallest absolute Gasteiger partial charge is 0.408 e. The van der Waals surface area contributed by atoms with Crippen LogP contribution in [0.3, 0.4) is 0 Å². The number of amides is 2. The summed E-state index contributed by atoms with van der Waals surface area (Å²) in [6.45, 7) is 1.79. The molecule has 1 aliphatic heterocycles. The highest BCUT2D eigenvalue weighted by atomic mass is 16.5. The summed E-state index contributed by atoms with van der Waals surface area (Å²) >= 11 is 0. The molecule has 1 aliphatic rings. The molecule has 6 nitrogen and oxygen atoms in total. The molecule has 1 fully saturated rings. The lowest BCUT2D eigenvalue weighted by Gasteiger charge is -2.30. The number of alkyl carbamates (subject to hydrolysis) is 1. The highest BCUT2D eigenvalue weighted by Gasteiger charge is 2.39. The molecule has 18 heavy (non-hydrogen) atoms. The maximum absolute atomic E-state index is 11.7. The van der Waals surface area contributed by atoms with Gasteiger partial charge in [-0.1, -0.05) is 5.92 Å². The van der Waals surface area contributed by atoms with Gasteiger partial charge in [0.25, 0.3) is 0 Å². The van der Waals surface area contributed by atoms with Gasteiger partial charge in [-0.15, -0.1) is 6.42 Å². The van der Waals surface area contributed by atoms with E-state index >= 15 is 0 Å². The summed E-state index contributed by atoms with van der Waals surface area (Å²) in [4.78, 5) is 36.0. The number of ketones is 1. The van der Waals surface area contributed by atoms with E-state index < -0.39 is 17.4 Å². The molecular weight excluding hydrogens is 236 g/mol. The Kier molecular flexibility index (Phi) is 4.32. The molecule has 1 N–H and O–H groups in total. The van der Waals surface area contributed by atoms with E-state index in [9.17, 15) is 14.4 Å². The van der Waals surface area contributed by atoms with Crippen molar-refractivity contribution in [2.45, 2.75) is 25.3 Å². The van der Waals surface area contributed by atoms with Gasteiger partial charge in [0, 0.05) is 13.0 Å². The summed E-state index contributed by atoms with van der Waals surface area (Å²) in [7, 11) is 1.18. The van der Waals surface area contributed by atoms with Crippen LogP contribution in [-0.2, 0) is 14.3 Å². The highest BCUT2D eigenvalue weighted by molar-refractivity contribution is 5.94. The van der Waals surface area contributed by atoms with Crippen molar-refractivity contribution in [3.8, 4) is 12.3 Å². The Labute approximate surface area is 106 Å². The van der Waals surface area contributed by atoms with Gasteiger partial charge in [-0.25, -0.2) is 4.79 Å². The van der Waals surface area contributed by atoms with Crippen molar-refractivity contribution < 1.29 is 19.1 Å². The minimum atomic E-state index is -1.52. The van der Waals surface area contributed by atoms with E-state index in [4.69, 9.17) is 6.42 Å². The Morgan fingerprint density at radius 2 is 2.28 bits per heavy atom. The van der Waals surface area contributed by atoms with Crippen LogP contribution < -0.4 is 5.32 Å². The lowest BCUT2D eigenvalue weighted by Crippen LogP contribution is -2.59. The standard InChI is InChI=1S/C12H16N2O4/c1-4-12(9(2)15,13-11(17)18-3)8-14-7-5-6-10(14)16/h1H,5-8H2,2-3H3,(H,13,17). The monoisotopic (exact) mass is 252 g/mol. The molecular formula is C12H16N2O4. The van der Waals surface area contributed by atoms with Crippen LogP contribution in [0.4, 0.5) is 4.79 Å². The van der Waals surface area contributed by atoms with Crippen molar-refractivity contribution in [1.29, 1.82) is 0 Å². The van der Waals surface area contributed by atoms with Gasteiger partial charge in [-0.2, -0.15) is 0 Å². The third-order valence-electron chi connectivity index (χ3n) is 2.95. The first-order valence-corrected chi connectivity index (χ1v) is 5.58. The van der Waals surface area contributed by atoms with Gasteiger partial charge in [0.2, 0.25) is 5.91 Å². The molecule has 0 aromatic rings. The van der Waals surface area contributed by atoms with E-state index in [0.29, 0.717) is 13.0 Å². The van der Waals surface area contributed by atoms with Gasteiger partial charge in [-0.3, -0.25) is 14.9 Å². The summed E-state index contributed by atoms with van der Waals surface area (Å²) in [5.74, 6) is 1.80. The van der Waals surface area contributed by atoms with Gasteiger partial charge in [-0.05, 0) is 13.3 Å². The number of carbonyl (C=O) groups excluding carboxylic acids is 3. The normalized spacial score (nSPS) is 17.8. The van der Waals surface area contributed by atoms with Crippen molar-refractivity contribution in [1.82, 2.24) is 10.2 Å². The second-order valence-electron chi connectivity index (χ2n) is 4.14. The molecule has 0 saturated carbocycles. The van der Waals surface area contributed by atoms with Crippen molar-refractivity contribution >= 4 is 17.8 Å². The maximum atomic E-state index is 11.7. The zero-order chi connectivity index (χ0) is 13.8.